The highest BCUT2D eigenvalue weighted by molar-refractivity contribution is 6.32. The van der Waals surface area contributed by atoms with Gasteiger partial charge in [0.05, 0.1) is 6.61 Å². The van der Waals surface area contributed by atoms with Gasteiger partial charge in [0.2, 0.25) is 0 Å². The molecular formula is C13H20ClNO2. The Morgan fingerprint density at radius 1 is 1.12 bits per heavy atom. The minimum absolute atomic E-state index is 0.547. The Bertz CT molecular complexity index is 332. The number of hydrogen-bond acceptors (Lipinski definition) is 3. The second-order valence-electron chi connectivity index (χ2n) is 3.97. The summed E-state index contributed by atoms with van der Waals surface area (Å²) < 4.78 is 10.9. The van der Waals surface area contributed by atoms with Gasteiger partial charge in [-0.2, -0.15) is 0 Å². The van der Waals surface area contributed by atoms with Crippen molar-refractivity contribution in [2.24, 2.45) is 5.73 Å². The van der Waals surface area contributed by atoms with Crippen LogP contribution < -0.4 is 10.5 Å². The molecule has 0 amide bonds. The molecule has 0 unspecified atom stereocenters. The summed E-state index contributed by atoms with van der Waals surface area (Å²) in [6, 6.07) is 3.88. The molecule has 2 N–H and O–H groups in total. The Labute approximate surface area is 108 Å². The van der Waals surface area contributed by atoms with Crippen molar-refractivity contribution in [3.63, 3.8) is 0 Å². The van der Waals surface area contributed by atoms with Crippen LogP contribution in [0.2, 0.25) is 5.02 Å². The average molecular weight is 258 g/mol. The maximum absolute atomic E-state index is 6.08. The minimum atomic E-state index is 0.547. The lowest BCUT2D eigenvalue weighted by Crippen LogP contribution is -2.10. The van der Waals surface area contributed by atoms with Crippen LogP contribution in [0.1, 0.15) is 17.5 Å². The highest BCUT2D eigenvalue weighted by atomic mass is 35.5. The second-order valence-corrected chi connectivity index (χ2v) is 4.35. The van der Waals surface area contributed by atoms with Gasteiger partial charge in [0.25, 0.3) is 0 Å². The standard InChI is InChI=1S/C13H20ClNO2/c1-10-8-12(9-11(2)13(10)14)17-7-6-16-5-3-4-15/h8-9H,3-7,15H2,1-2H3. The Morgan fingerprint density at radius 2 is 1.76 bits per heavy atom. The van der Waals surface area contributed by atoms with Crippen molar-refractivity contribution in [2.75, 3.05) is 26.4 Å². The zero-order valence-corrected chi connectivity index (χ0v) is 11.2. The first-order chi connectivity index (χ1) is 8.15. The molecule has 0 aliphatic heterocycles. The molecule has 1 aromatic rings. The topological polar surface area (TPSA) is 44.5 Å². The highest BCUT2D eigenvalue weighted by Gasteiger charge is 2.03. The van der Waals surface area contributed by atoms with Crippen LogP contribution in [0.15, 0.2) is 12.1 Å². The van der Waals surface area contributed by atoms with Crippen molar-refractivity contribution in [2.45, 2.75) is 20.3 Å². The van der Waals surface area contributed by atoms with Crippen molar-refractivity contribution >= 4 is 11.6 Å². The third-order valence-electron chi connectivity index (χ3n) is 2.40. The Hall–Kier alpha value is -0.770. The summed E-state index contributed by atoms with van der Waals surface area (Å²) in [5.74, 6) is 0.840. The molecule has 0 bridgehead atoms. The lowest BCUT2D eigenvalue weighted by atomic mass is 10.1. The number of rotatable bonds is 7. The summed E-state index contributed by atoms with van der Waals surface area (Å²) in [5.41, 5.74) is 7.42. The molecule has 4 heteroatoms. The Morgan fingerprint density at radius 3 is 2.35 bits per heavy atom. The van der Waals surface area contributed by atoms with Gasteiger partial charge in [0.15, 0.2) is 0 Å². The highest BCUT2D eigenvalue weighted by Crippen LogP contribution is 2.25. The lowest BCUT2D eigenvalue weighted by Gasteiger charge is -2.10. The van der Waals surface area contributed by atoms with Gasteiger partial charge in [-0.1, -0.05) is 11.6 Å². The van der Waals surface area contributed by atoms with Gasteiger partial charge in [-0.25, -0.2) is 0 Å². The smallest absolute Gasteiger partial charge is 0.120 e. The van der Waals surface area contributed by atoms with Crippen molar-refractivity contribution in [1.29, 1.82) is 0 Å². The quantitative estimate of drug-likeness (QED) is 0.764. The molecule has 0 aliphatic carbocycles. The van der Waals surface area contributed by atoms with Gasteiger partial charge in [-0.05, 0) is 50.1 Å². The molecule has 0 spiro atoms. The van der Waals surface area contributed by atoms with E-state index >= 15 is 0 Å². The van der Waals surface area contributed by atoms with Crippen LogP contribution in [-0.2, 0) is 4.74 Å². The third-order valence-corrected chi connectivity index (χ3v) is 3.00. The fraction of sp³-hybridized carbons (Fsp3) is 0.538. The average Bonchev–Trinajstić information content (AvgIpc) is 2.30. The maximum atomic E-state index is 6.08. The largest absolute Gasteiger partial charge is 0.491 e. The van der Waals surface area contributed by atoms with Gasteiger partial charge in [0.1, 0.15) is 12.4 Å². The summed E-state index contributed by atoms with van der Waals surface area (Å²) in [5, 5.41) is 0.802. The van der Waals surface area contributed by atoms with E-state index in [1.54, 1.807) is 0 Å². The third kappa shape index (κ3) is 4.94. The van der Waals surface area contributed by atoms with Crippen molar-refractivity contribution in [3.8, 4) is 5.75 Å². The number of nitrogens with two attached hydrogens (primary N) is 1. The first kappa shape index (κ1) is 14.3. The Kier molecular flexibility index (Phi) is 6.34. The Balaban J connectivity index is 2.32. The van der Waals surface area contributed by atoms with E-state index in [2.05, 4.69) is 0 Å². The molecular weight excluding hydrogens is 238 g/mol. The van der Waals surface area contributed by atoms with Crippen LogP contribution in [0.3, 0.4) is 0 Å². The van der Waals surface area contributed by atoms with Gasteiger partial charge < -0.3 is 15.2 Å². The normalized spacial score (nSPS) is 10.6. The molecule has 3 nitrogen and oxygen atoms in total. The van der Waals surface area contributed by atoms with E-state index in [1.165, 1.54) is 0 Å². The van der Waals surface area contributed by atoms with Crippen LogP contribution in [0.4, 0.5) is 0 Å². The summed E-state index contributed by atoms with van der Waals surface area (Å²) in [6.45, 7) is 6.43. The number of benzene rings is 1. The van der Waals surface area contributed by atoms with Gasteiger partial charge in [0, 0.05) is 11.6 Å². The number of aryl methyl sites for hydroxylation is 2. The van der Waals surface area contributed by atoms with Gasteiger partial charge in [-0.15, -0.1) is 0 Å². The molecule has 96 valence electrons. The van der Waals surface area contributed by atoms with Crippen LogP contribution >= 0.6 is 11.6 Å². The van der Waals surface area contributed by atoms with E-state index in [4.69, 9.17) is 26.8 Å². The molecule has 0 saturated heterocycles. The van der Waals surface area contributed by atoms with Crippen LogP contribution in [-0.4, -0.2) is 26.4 Å². The summed E-state index contributed by atoms with van der Waals surface area (Å²) >= 11 is 6.08. The van der Waals surface area contributed by atoms with E-state index in [-0.39, 0.29) is 0 Å². The van der Waals surface area contributed by atoms with Crippen molar-refractivity contribution in [1.82, 2.24) is 0 Å². The number of halogens is 1. The molecule has 0 aromatic heterocycles. The number of hydrogen-bond donors (Lipinski definition) is 1. The minimum Gasteiger partial charge on any atom is -0.491 e. The molecule has 0 radical (unpaired) electrons. The SMILES string of the molecule is Cc1cc(OCCOCCCN)cc(C)c1Cl. The van der Waals surface area contributed by atoms with Gasteiger partial charge >= 0.3 is 0 Å². The van der Waals surface area contributed by atoms with Gasteiger partial charge in [-0.3, -0.25) is 0 Å². The van der Waals surface area contributed by atoms with Crippen LogP contribution in [0, 0.1) is 13.8 Å². The molecule has 0 heterocycles. The van der Waals surface area contributed by atoms with Crippen molar-refractivity contribution in [3.05, 3.63) is 28.3 Å². The van der Waals surface area contributed by atoms with Crippen LogP contribution in [0.5, 0.6) is 5.75 Å². The first-order valence-electron chi connectivity index (χ1n) is 5.82. The van der Waals surface area contributed by atoms with Crippen molar-refractivity contribution < 1.29 is 9.47 Å². The molecule has 0 aliphatic rings. The zero-order chi connectivity index (χ0) is 12.7. The monoisotopic (exact) mass is 257 g/mol. The molecule has 0 saturated carbocycles. The first-order valence-corrected chi connectivity index (χ1v) is 6.20. The summed E-state index contributed by atoms with van der Waals surface area (Å²) in [7, 11) is 0. The summed E-state index contributed by atoms with van der Waals surface area (Å²) in [4.78, 5) is 0. The predicted octanol–water partition coefficient (Wildman–Crippen LogP) is 2.70. The van der Waals surface area contributed by atoms with Crippen LogP contribution in [0.25, 0.3) is 0 Å². The predicted molar refractivity (Wildman–Crippen MR) is 70.9 cm³/mol. The van der Waals surface area contributed by atoms with E-state index in [0.717, 1.165) is 28.3 Å². The van der Waals surface area contributed by atoms with E-state index < -0.39 is 0 Å². The van der Waals surface area contributed by atoms with E-state index in [1.807, 2.05) is 26.0 Å². The molecule has 17 heavy (non-hydrogen) atoms. The van der Waals surface area contributed by atoms with E-state index in [9.17, 15) is 0 Å². The fourth-order valence-corrected chi connectivity index (χ4v) is 1.60. The maximum Gasteiger partial charge on any atom is 0.120 e. The summed E-state index contributed by atoms with van der Waals surface area (Å²) in [6.07, 6.45) is 0.888. The second kappa shape index (κ2) is 7.54. The van der Waals surface area contributed by atoms with E-state index in [0.29, 0.717) is 26.4 Å². The zero-order valence-electron chi connectivity index (χ0n) is 10.5. The molecule has 0 fully saturated rings. The fourth-order valence-electron chi connectivity index (χ4n) is 1.50. The molecule has 1 aromatic carbocycles. The molecule has 1 rings (SSSR count). The lowest BCUT2D eigenvalue weighted by molar-refractivity contribution is 0.0994. The number of ether oxygens (including phenoxy) is 2. The molecule has 0 atom stereocenters.